The minimum Gasteiger partial charge on any atom is -0.467 e. The minimum atomic E-state index is 0.0873. The molecule has 7 heteroatoms. The molecule has 0 spiro atoms. The Labute approximate surface area is 177 Å². The number of likely N-dealkylation sites (tertiary alicyclic amines) is 1. The van der Waals surface area contributed by atoms with Crippen molar-refractivity contribution in [1.29, 1.82) is 0 Å². The smallest absolute Gasteiger partial charge is 0.274 e. The number of nitrogens with zero attached hydrogens (tertiary/aromatic N) is 2. The van der Waals surface area contributed by atoms with E-state index in [1.54, 1.807) is 11.8 Å². The number of thioether (sulfide) groups is 1. The SMILES string of the molecule is CSc1ccc(CC(=O)N2CCC(Oc3nc4c(Cl)cccc4s3)CC2)cc1. The molecule has 3 aromatic rings. The van der Waals surface area contributed by atoms with Crippen molar-refractivity contribution in [2.45, 2.75) is 30.3 Å². The maximum Gasteiger partial charge on any atom is 0.274 e. The van der Waals surface area contributed by atoms with Crippen LogP contribution in [0.25, 0.3) is 10.2 Å². The number of piperidine rings is 1. The van der Waals surface area contributed by atoms with Gasteiger partial charge in [0.15, 0.2) is 0 Å². The predicted molar refractivity (Wildman–Crippen MR) is 117 cm³/mol. The van der Waals surface area contributed by atoms with Crippen LogP contribution in [0, 0.1) is 0 Å². The molecule has 0 N–H and O–H groups in total. The molecule has 0 bridgehead atoms. The molecular formula is C21H21ClN2O2S2. The first-order valence-corrected chi connectivity index (χ1v) is 11.7. The number of para-hydroxylation sites is 1. The fourth-order valence-electron chi connectivity index (χ4n) is 3.34. The molecule has 1 aromatic heterocycles. The van der Waals surface area contributed by atoms with Crippen LogP contribution >= 0.6 is 34.7 Å². The number of amides is 1. The van der Waals surface area contributed by atoms with Crippen molar-refractivity contribution < 1.29 is 9.53 Å². The second-order valence-corrected chi connectivity index (χ2v) is 9.07. The van der Waals surface area contributed by atoms with Crippen LogP contribution in [0.3, 0.4) is 0 Å². The van der Waals surface area contributed by atoms with Crippen LogP contribution in [0.5, 0.6) is 5.19 Å². The van der Waals surface area contributed by atoms with Gasteiger partial charge in [-0.25, -0.2) is 4.98 Å². The van der Waals surface area contributed by atoms with Crippen molar-refractivity contribution in [3.05, 3.63) is 53.1 Å². The maximum absolute atomic E-state index is 12.6. The van der Waals surface area contributed by atoms with Crippen molar-refractivity contribution in [1.82, 2.24) is 9.88 Å². The summed E-state index contributed by atoms with van der Waals surface area (Å²) in [6.45, 7) is 1.44. The summed E-state index contributed by atoms with van der Waals surface area (Å²) in [4.78, 5) is 20.3. The van der Waals surface area contributed by atoms with E-state index in [1.165, 1.54) is 16.2 Å². The highest BCUT2D eigenvalue weighted by atomic mass is 35.5. The number of carbonyl (C=O) groups excluding carboxylic acids is 1. The number of carbonyl (C=O) groups is 1. The zero-order valence-corrected chi connectivity index (χ0v) is 17.9. The van der Waals surface area contributed by atoms with Crippen LogP contribution in [0.4, 0.5) is 0 Å². The van der Waals surface area contributed by atoms with Crippen LogP contribution in [-0.4, -0.2) is 41.2 Å². The lowest BCUT2D eigenvalue weighted by molar-refractivity contribution is -0.132. The van der Waals surface area contributed by atoms with Gasteiger partial charge in [0.25, 0.3) is 5.19 Å². The average molecular weight is 433 g/mol. The van der Waals surface area contributed by atoms with Crippen LogP contribution < -0.4 is 4.74 Å². The van der Waals surface area contributed by atoms with Gasteiger partial charge in [-0.1, -0.05) is 41.1 Å². The Morgan fingerprint density at radius 1 is 1.25 bits per heavy atom. The first-order chi connectivity index (χ1) is 13.6. The second kappa shape index (κ2) is 8.72. The van der Waals surface area contributed by atoms with Crippen molar-refractivity contribution in [2.75, 3.05) is 19.3 Å². The number of rotatable bonds is 5. The Morgan fingerprint density at radius 2 is 2.00 bits per heavy atom. The standard InChI is InChI=1S/C21H21ClN2O2S2/c1-27-16-7-5-14(6-8-16)13-19(25)24-11-9-15(10-12-24)26-21-23-20-17(22)3-2-4-18(20)28-21/h2-8,15H,9-13H2,1H3. The number of halogens is 1. The topological polar surface area (TPSA) is 42.4 Å². The normalized spacial score (nSPS) is 15.1. The summed E-state index contributed by atoms with van der Waals surface area (Å²) in [5.74, 6) is 0.183. The first kappa shape index (κ1) is 19.6. The fraction of sp³-hybridized carbons (Fsp3) is 0.333. The van der Waals surface area contributed by atoms with Crippen molar-refractivity contribution in [2.24, 2.45) is 0 Å². The lowest BCUT2D eigenvalue weighted by atomic mass is 10.1. The van der Waals surface area contributed by atoms with E-state index >= 15 is 0 Å². The molecule has 0 radical (unpaired) electrons. The number of aromatic nitrogens is 1. The average Bonchev–Trinajstić information content (AvgIpc) is 3.13. The van der Waals surface area contributed by atoms with E-state index in [1.807, 2.05) is 35.2 Å². The molecule has 0 aliphatic carbocycles. The highest BCUT2D eigenvalue weighted by Gasteiger charge is 2.25. The molecule has 0 unspecified atom stereocenters. The van der Waals surface area contributed by atoms with E-state index < -0.39 is 0 Å². The summed E-state index contributed by atoms with van der Waals surface area (Å²) in [6, 6.07) is 14.0. The fourth-order valence-corrected chi connectivity index (χ4v) is 4.93. The molecule has 1 aliphatic rings. The Kier molecular flexibility index (Phi) is 6.09. The number of thiazole rings is 1. The summed E-state index contributed by atoms with van der Waals surface area (Å²) in [5.41, 5.74) is 1.86. The van der Waals surface area contributed by atoms with E-state index in [-0.39, 0.29) is 12.0 Å². The van der Waals surface area contributed by atoms with Gasteiger partial charge in [-0.05, 0) is 36.1 Å². The zero-order valence-electron chi connectivity index (χ0n) is 15.6. The van der Waals surface area contributed by atoms with E-state index in [2.05, 4.69) is 23.4 Å². The van der Waals surface area contributed by atoms with Gasteiger partial charge in [-0.3, -0.25) is 4.79 Å². The first-order valence-electron chi connectivity index (χ1n) is 9.25. The van der Waals surface area contributed by atoms with Gasteiger partial charge in [0.05, 0.1) is 16.1 Å². The predicted octanol–water partition coefficient (Wildman–Crippen LogP) is 5.28. The van der Waals surface area contributed by atoms with Crippen LogP contribution in [-0.2, 0) is 11.2 Å². The second-order valence-electron chi connectivity index (χ2n) is 6.79. The van der Waals surface area contributed by atoms with Gasteiger partial charge >= 0.3 is 0 Å². The molecular weight excluding hydrogens is 412 g/mol. The summed E-state index contributed by atoms with van der Waals surface area (Å²) in [5, 5.41) is 1.30. The molecule has 4 rings (SSSR count). The Morgan fingerprint density at radius 3 is 2.68 bits per heavy atom. The van der Waals surface area contributed by atoms with Gasteiger partial charge in [0.2, 0.25) is 5.91 Å². The number of fused-ring (bicyclic) bond motifs is 1. The number of benzene rings is 2. The molecule has 1 saturated heterocycles. The largest absolute Gasteiger partial charge is 0.467 e. The van der Waals surface area contributed by atoms with Gasteiger partial charge in [0.1, 0.15) is 11.6 Å². The van der Waals surface area contributed by atoms with Crippen LogP contribution in [0.1, 0.15) is 18.4 Å². The lowest BCUT2D eigenvalue weighted by Crippen LogP contribution is -2.42. The van der Waals surface area contributed by atoms with Gasteiger partial charge in [0, 0.05) is 30.8 Å². The molecule has 28 heavy (non-hydrogen) atoms. The van der Waals surface area contributed by atoms with E-state index in [0.29, 0.717) is 16.6 Å². The highest BCUT2D eigenvalue weighted by molar-refractivity contribution is 7.98. The number of hydrogen-bond donors (Lipinski definition) is 0. The third kappa shape index (κ3) is 4.45. The van der Waals surface area contributed by atoms with Gasteiger partial charge in [-0.15, -0.1) is 11.8 Å². The zero-order chi connectivity index (χ0) is 19.5. The molecule has 2 aromatic carbocycles. The van der Waals surface area contributed by atoms with Crippen molar-refractivity contribution in [3.8, 4) is 5.19 Å². The molecule has 1 fully saturated rings. The number of hydrogen-bond acceptors (Lipinski definition) is 5. The molecule has 1 amide bonds. The Hall–Kier alpha value is -1.76. The summed E-state index contributed by atoms with van der Waals surface area (Å²) in [7, 11) is 0. The maximum atomic E-state index is 12.6. The van der Waals surface area contributed by atoms with Gasteiger partial charge < -0.3 is 9.64 Å². The van der Waals surface area contributed by atoms with Crippen LogP contribution in [0.2, 0.25) is 5.02 Å². The molecule has 0 atom stereocenters. The van der Waals surface area contributed by atoms with Crippen molar-refractivity contribution >= 4 is 50.8 Å². The summed E-state index contributed by atoms with van der Waals surface area (Å²) < 4.78 is 7.11. The van der Waals surface area contributed by atoms with Gasteiger partial charge in [-0.2, -0.15) is 0 Å². The van der Waals surface area contributed by atoms with E-state index in [0.717, 1.165) is 41.7 Å². The summed E-state index contributed by atoms with van der Waals surface area (Å²) >= 11 is 9.42. The third-order valence-electron chi connectivity index (χ3n) is 4.93. The Bertz CT molecular complexity index is 966. The molecule has 0 saturated carbocycles. The lowest BCUT2D eigenvalue weighted by Gasteiger charge is -2.31. The Balaban J connectivity index is 1.30. The molecule has 2 heterocycles. The molecule has 146 valence electrons. The third-order valence-corrected chi connectivity index (χ3v) is 6.89. The van der Waals surface area contributed by atoms with E-state index in [4.69, 9.17) is 16.3 Å². The van der Waals surface area contributed by atoms with E-state index in [9.17, 15) is 4.79 Å². The van der Waals surface area contributed by atoms with Crippen molar-refractivity contribution in [3.63, 3.8) is 0 Å². The molecule has 1 aliphatic heterocycles. The monoisotopic (exact) mass is 432 g/mol. The highest BCUT2D eigenvalue weighted by Crippen LogP contribution is 2.33. The molecule has 4 nitrogen and oxygen atoms in total. The van der Waals surface area contributed by atoms with Crippen LogP contribution in [0.15, 0.2) is 47.4 Å². The number of ether oxygens (including phenoxy) is 1. The minimum absolute atomic E-state index is 0.0873. The quantitative estimate of drug-likeness (QED) is 0.514. The summed E-state index contributed by atoms with van der Waals surface area (Å²) in [6.07, 6.45) is 4.23.